The lowest BCUT2D eigenvalue weighted by Gasteiger charge is -2.39. The van der Waals surface area contributed by atoms with Crippen LogP contribution < -0.4 is 5.73 Å². The van der Waals surface area contributed by atoms with Crippen LogP contribution in [0.1, 0.15) is 47.5 Å². The number of amides is 2. The van der Waals surface area contributed by atoms with E-state index in [4.69, 9.17) is 10.5 Å². The monoisotopic (exact) mass is 299 g/mol. The molecule has 2 atom stereocenters. The number of carbonyl (C=O) groups excluding carboxylic acids is 2. The van der Waals surface area contributed by atoms with Gasteiger partial charge in [-0.3, -0.25) is 4.79 Å². The predicted octanol–water partition coefficient (Wildman–Crippen LogP) is 1.58. The first-order valence-electron chi connectivity index (χ1n) is 7.69. The summed E-state index contributed by atoms with van der Waals surface area (Å²) in [7, 11) is 0. The summed E-state index contributed by atoms with van der Waals surface area (Å²) in [5.74, 6) is -0.0556. The van der Waals surface area contributed by atoms with Gasteiger partial charge in [0.1, 0.15) is 5.60 Å². The molecule has 122 valence electrons. The molecule has 1 heterocycles. The van der Waals surface area contributed by atoms with Gasteiger partial charge in [0.2, 0.25) is 5.91 Å². The van der Waals surface area contributed by atoms with E-state index in [1.54, 1.807) is 16.7 Å². The van der Waals surface area contributed by atoms with Crippen LogP contribution >= 0.6 is 0 Å². The minimum Gasteiger partial charge on any atom is -0.444 e. The van der Waals surface area contributed by atoms with E-state index in [2.05, 4.69) is 0 Å². The topological polar surface area (TPSA) is 75.9 Å². The van der Waals surface area contributed by atoms with Crippen LogP contribution in [0.3, 0.4) is 0 Å². The highest BCUT2D eigenvalue weighted by molar-refractivity contribution is 5.81. The molecule has 0 spiro atoms. The van der Waals surface area contributed by atoms with E-state index in [-0.39, 0.29) is 18.0 Å². The number of likely N-dealkylation sites (tertiary alicyclic amines) is 1. The lowest BCUT2D eigenvalue weighted by Crippen LogP contribution is -2.54. The number of piperidine rings is 1. The summed E-state index contributed by atoms with van der Waals surface area (Å²) in [6, 6.07) is -0.498. The third-order valence-corrected chi connectivity index (χ3v) is 3.51. The molecule has 21 heavy (non-hydrogen) atoms. The van der Waals surface area contributed by atoms with Crippen molar-refractivity contribution in [3.63, 3.8) is 0 Å². The van der Waals surface area contributed by atoms with Crippen molar-refractivity contribution < 1.29 is 14.3 Å². The number of ether oxygens (including phenoxy) is 1. The average molecular weight is 299 g/mol. The maximum Gasteiger partial charge on any atom is 0.410 e. The van der Waals surface area contributed by atoms with Crippen LogP contribution in [-0.4, -0.2) is 59.1 Å². The molecule has 2 N–H and O–H groups in total. The molecule has 0 aliphatic carbocycles. The molecule has 0 saturated carbocycles. The first-order valence-corrected chi connectivity index (χ1v) is 7.69. The van der Waals surface area contributed by atoms with Gasteiger partial charge >= 0.3 is 6.09 Å². The van der Waals surface area contributed by atoms with Gasteiger partial charge < -0.3 is 20.3 Å². The number of carbonyl (C=O) groups is 2. The van der Waals surface area contributed by atoms with Gasteiger partial charge in [-0.1, -0.05) is 0 Å². The lowest BCUT2D eigenvalue weighted by molar-refractivity contribution is -0.134. The van der Waals surface area contributed by atoms with Gasteiger partial charge in [0.25, 0.3) is 0 Å². The van der Waals surface area contributed by atoms with E-state index in [1.807, 2.05) is 27.7 Å². The molecule has 0 aromatic rings. The summed E-state index contributed by atoms with van der Waals surface area (Å²) in [6.45, 7) is 11.0. The Morgan fingerprint density at radius 1 is 1.43 bits per heavy atom. The molecular weight excluding hydrogens is 270 g/mol. The number of hydrogen-bond donors (Lipinski definition) is 1. The summed E-state index contributed by atoms with van der Waals surface area (Å²) >= 11 is 0. The third kappa shape index (κ3) is 5.19. The molecule has 1 rings (SSSR count). The number of hydrogen-bond acceptors (Lipinski definition) is 4. The van der Waals surface area contributed by atoms with Crippen LogP contribution in [0.15, 0.2) is 0 Å². The molecule has 2 amide bonds. The summed E-state index contributed by atoms with van der Waals surface area (Å²) in [5, 5.41) is 0. The molecule has 0 radical (unpaired) electrons. The van der Waals surface area contributed by atoms with E-state index in [0.29, 0.717) is 19.6 Å². The summed E-state index contributed by atoms with van der Waals surface area (Å²) in [6.07, 6.45) is 1.45. The Balaban J connectivity index is 2.72. The lowest BCUT2D eigenvalue weighted by atomic mass is 10.0. The van der Waals surface area contributed by atoms with Gasteiger partial charge in [-0.05, 0) is 47.5 Å². The van der Waals surface area contributed by atoms with Crippen LogP contribution in [0.4, 0.5) is 4.79 Å². The number of nitrogens with two attached hydrogens (primary N) is 1. The maximum atomic E-state index is 12.3. The minimum absolute atomic E-state index is 0.00120. The Labute approximate surface area is 127 Å². The van der Waals surface area contributed by atoms with Crippen LogP contribution in [0.25, 0.3) is 0 Å². The molecule has 0 aromatic heterocycles. The van der Waals surface area contributed by atoms with Crippen LogP contribution in [-0.2, 0) is 9.53 Å². The zero-order valence-electron chi connectivity index (χ0n) is 13.9. The Kier molecular flexibility index (Phi) is 6.01. The molecule has 0 bridgehead atoms. The van der Waals surface area contributed by atoms with Crippen LogP contribution in [0, 0.1) is 0 Å². The highest BCUT2D eigenvalue weighted by atomic mass is 16.6. The molecule has 1 aliphatic heterocycles. The molecule has 1 aliphatic rings. The Bertz CT molecular complexity index is 377. The van der Waals surface area contributed by atoms with Crippen LogP contribution in [0.5, 0.6) is 0 Å². The van der Waals surface area contributed by atoms with Gasteiger partial charge in [0, 0.05) is 19.6 Å². The zero-order valence-corrected chi connectivity index (χ0v) is 13.9. The second-order valence-corrected chi connectivity index (χ2v) is 6.64. The number of nitrogens with zero attached hydrogens (tertiary/aromatic N) is 2. The van der Waals surface area contributed by atoms with Crippen molar-refractivity contribution in [2.24, 2.45) is 5.73 Å². The van der Waals surface area contributed by atoms with Gasteiger partial charge in [-0.25, -0.2) is 4.79 Å². The van der Waals surface area contributed by atoms with Crippen molar-refractivity contribution >= 4 is 12.0 Å². The van der Waals surface area contributed by atoms with Crippen LogP contribution in [0.2, 0.25) is 0 Å². The second-order valence-electron chi connectivity index (χ2n) is 6.64. The highest BCUT2D eigenvalue weighted by Crippen LogP contribution is 2.19. The van der Waals surface area contributed by atoms with Gasteiger partial charge in [-0.15, -0.1) is 0 Å². The molecule has 1 fully saturated rings. The predicted molar refractivity (Wildman–Crippen MR) is 81.9 cm³/mol. The van der Waals surface area contributed by atoms with Crippen molar-refractivity contribution in [3.8, 4) is 0 Å². The van der Waals surface area contributed by atoms with Crippen molar-refractivity contribution in [1.82, 2.24) is 9.80 Å². The largest absolute Gasteiger partial charge is 0.444 e. The Morgan fingerprint density at radius 2 is 2.05 bits per heavy atom. The van der Waals surface area contributed by atoms with E-state index >= 15 is 0 Å². The van der Waals surface area contributed by atoms with E-state index in [1.165, 1.54) is 0 Å². The second kappa shape index (κ2) is 7.11. The summed E-state index contributed by atoms with van der Waals surface area (Å²) in [5.41, 5.74) is 5.15. The molecule has 6 heteroatoms. The first kappa shape index (κ1) is 17.8. The van der Waals surface area contributed by atoms with Gasteiger partial charge in [0.15, 0.2) is 0 Å². The van der Waals surface area contributed by atoms with Crippen molar-refractivity contribution in [3.05, 3.63) is 0 Å². The highest BCUT2D eigenvalue weighted by Gasteiger charge is 2.32. The van der Waals surface area contributed by atoms with Gasteiger partial charge in [-0.2, -0.15) is 0 Å². The number of likely N-dealkylation sites (N-methyl/N-ethyl adjacent to an activating group) is 1. The van der Waals surface area contributed by atoms with Gasteiger partial charge in [0.05, 0.1) is 12.1 Å². The average Bonchev–Trinajstić information content (AvgIpc) is 2.36. The zero-order chi connectivity index (χ0) is 16.2. The first-order chi connectivity index (χ1) is 9.65. The normalized spacial score (nSPS) is 20.9. The third-order valence-electron chi connectivity index (χ3n) is 3.51. The van der Waals surface area contributed by atoms with E-state index in [0.717, 1.165) is 12.8 Å². The Morgan fingerprint density at radius 3 is 2.52 bits per heavy atom. The van der Waals surface area contributed by atoms with E-state index in [9.17, 15) is 9.59 Å². The standard InChI is InChI=1S/C15H29N3O3/c1-6-18(14(20)21-15(3,4)5)12-8-7-9-17(10-12)13(19)11(2)16/h11-12H,6-10,16H2,1-5H3/t11-,12?/m0/s1. The number of rotatable bonds is 3. The molecule has 1 unspecified atom stereocenters. The minimum atomic E-state index is -0.513. The molecule has 0 aromatic carbocycles. The molecular formula is C15H29N3O3. The summed E-state index contributed by atoms with van der Waals surface area (Å²) in [4.78, 5) is 27.8. The molecule has 6 nitrogen and oxygen atoms in total. The van der Waals surface area contributed by atoms with E-state index < -0.39 is 11.6 Å². The smallest absolute Gasteiger partial charge is 0.410 e. The van der Waals surface area contributed by atoms with Crippen molar-refractivity contribution in [2.45, 2.75) is 65.1 Å². The fourth-order valence-electron chi connectivity index (χ4n) is 2.55. The fraction of sp³-hybridized carbons (Fsp3) is 0.867. The Hall–Kier alpha value is -1.30. The fourth-order valence-corrected chi connectivity index (χ4v) is 2.55. The van der Waals surface area contributed by atoms with Crippen molar-refractivity contribution in [1.29, 1.82) is 0 Å². The maximum absolute atomic E-state index is 12.3. The molecule has 1 saturated heterocycles. The quantitative estimate of drug-likeness (QED) is 0.858. The SMILES string of the molecule is CCN(C(=O)OC(C)(C)C)C1CCCN(C(=O)[C@H](C)N)C1. The van der Waals surface area contributed by atoms with Crippen molar-refractivity contribution in [2.75, 3.05) is 19.6 Å². The summed E-state index contributed by atoms with van der Waals surface area (Å²) < 4.78 is 5.45.